The molecule has 0 atom stereocenters. The summed E-state index contributed by atoms with van der Waals surface area (Å²) in [6, 6.07) is 18.4. The maximum absolute atomic E-state index is 11.3. The fourth-order valence-electron chi connectivity index (χ4n) is 2.09. The number of aromatic nitrogens is 2. The van der Waals surface area contributed by atoms with Crippen LogP contribution in [0.25, 0.3) is 22.5 Å². The van der Waals surface area contributed by atoms with E-state index in [9.17, 15) is 13.0 Å². The van der Waals surface area contributed by atoms with Gasteiger partial charge in [-0.25, -0.2) is 4.98 Å². The molecule has 0 unspecified atom stereocenters. The molecule has 6 heteroatoms. The topological polar surface area (TPSA) is 83.1 Å². The molecule has 0 spiro atoms. The Morgan fingerprint density at radius 3 is 1.90 bits per heavy atom. The molecule has 3 aromatic rings. The molecule has 0 fully saturated rings. The molecule has 1 aromatic heterocycles. The van der Waals surface area contributed by atoms with Crippen LogP contribution in [0, 0.1) is 0 Å². The average molecular weight is 300 g/mol. The Labute approximate surface area is 122 Å². The first-order chi connectivity index (χ1) is 10.1. The molecular formula is C15H12N2O3S. The van der Waals surface area contributed by atoms with Crippen molar-refractivity contribution in [3.63, 3.8) is 0 Å². The van der Waals surface area contributed by atoms with Crippen LogP contribution in [0.4, 0.5) is 0 Å². The fraction of sp³-hybridized carbons (Fsp3) is 0. The number of imidazole rings is 1. The third kappa shape index (κ3) is 2.72. The Balaban J connectivity index is 2.25. The molecule has 3 rings (SSSR count). The van der Waals surface area contributed by atoms with E-state index in [0.29, 0.717) is 11.4 Å². The Morgan fingerprint density at radius 1 is 0.857 bits per heavy atom. The number of rotatable bonds is 3. The van der Waals surface area contributed by atoms with Gasteiger partial charge in [0.1, 0.15) is 0 Å². The van der Waals surface area contributed by atoms with Crippen molar-refractivity contribution >= 4 is 10.1 Å². The molecule has 0 radical (unpaired) electrons. The van der Waals surface area contributed by atoms with Crippen LogP contribution >= 0.6 is 0 Å². The molecular weight excluding hydrogens is 288 g/mol. The van der Waals surface area contributed by atoms with Crippen molar-refractivity contribution in [2.75, 3.05) is 0 Å². The maximum atomic E-state index is 11.3. The molecule has 0 amide bonds. The second kappa shape index (κ2) is 5.16. The zero-order valence-corrected chi connectivity index (χ0v) is 11.7. The van der Waals surface area contributed by atoms with Crippen molar-refractivity contribution in [1.29, 1.82) is 0 Å². The summed E-state index contributed by atoms with van der Waals surface area (Å²) in [5.41, 5.74) is 2.59. The number of hydrogen-bond donors (Lipinski definition) is 2. The molecule has 2 aromatic carbocycles. The number of nitrogens with zero attached hydrogens (tertiary/aromatic N) is 1. The predicted molar refractivity (Wildman–Crippen MR) is 79.3 cm³/mol. The Morgan fingerprint density at radius 2 is 1.38 bits per heavy atom. The first-order valence-electron chi connectivity index (χ1n) is 6.24. The molecule has 0 aliphatic rings. The van der Waals surface area contributed by atoms with Crippen LogP contribution < -0.4 is 0 Å². The van der Waals surface area contributed by atoms with Gasteiger partial charge in [0.15, 0.2) is 0 Å². The van der Waals surface area contributed by atoms with Crippen molar-refractivity contribution in [3.8, 4) is 22.5 Å². The third-order valence-electron chi connectivity index (χ3n) is 3.04. The van der Waals surface area contributed by atoms with Gasteiger partial charge in [-0.15, -0.1) is 0 Å². The van der Waals surface area contributed by atoms with Crippen LogP contribution in [0.3, 0.4) is 0 Å². The minimum absolute atomic E-state index is 0.458. The summed E-state index contributed by atoms with van der Waals surface area (Å²) in [5, 5.41) is -0.458. The molecule has 0 aliphatic heterocycles. The zero-order chi connectivity index (χ0) is 14.9. The van der Waals surface area contributed by atoms with Gasteiger partial charge in [0.25, 0.3) is 5.16 Å². The largest absolute Gasteiger partial charge is 0.328 e. The first-order valence-corrected chi connectivity index (χ1v) is 7.68. The second-order valence-corrected chi connectivity index (χ2v) is 5.81. The van der Waals surface area contributed by atoms with Crippen molar-refractivity contribution in [2.45, 2.75) is 5.16 Å². The van der Waals surface area contributed by atoms with E-state index in [1.54, 1.807) is 0 Å². The molecule has 0 saturated carbocycles. The van der Waals surface area contributed by atoms with E-state index in [4.69, 9.17) is 0 Å². The van der Waals surface area contributed by atoms with Crippen molar-refractivity contribution < 1.29 is 13.0 Å². The van der Waals surface area contributed by atoms with Gasteiger partial charge in [-0.2, -0.15) is 8.42 Å². The Kier molecular flexibility index (Phi) is 3.32. The number of aromatic amines is 1. The number of hydrogen-bond acceptors (Lipinski definition) is 3. The number of benzene rings is 2. The summed E-state index contributed by atoms with van der Waals surface area (Å²) in [5.74, 6) is 0. The molecule has 2 N–H and O–H groups in total. The van der Waals surface area contributed by atoms with E-state index in [1.807, 2.05) is 60.7 Å². The van der Waals surface area contributed by atoms with Gasteiger partial charge in [-0.3, -0.25) is 4.55 Å². The van der Waals surface area contributed by atoms with Gasteiger partial charge in [0, 0.05) is 11.1 Å². The molecule has 0 saturated heterocycles. The lowest BCUT2D eigenvalue weighted by Crippen LogP contribution is -2.00. The minimum Gasteiger partial charge on any atom is -0.326 e. The van der Waals surface area contributed by atoms with E-state index in [-0.39, 0.29) is 0 Å². The zero-order valence-electron chi connectivity index (χ0n) is 10.9. The summed E-state index contributed by atoms with van der Waals surface area (Å²) in [6.45, 7) is 0. The van der Waals surface area contributed by atoms with E-state index < -0.39 is 15.3 Å². The van der Waals surface area contributed by atoms with Gasteiger partial charge < -0.3 is 4.98 Å². The van der Waals surface area contributed by atoms with E-state index in [1.165, 1.54) is 0 Å². The number of H-pyrrole nitrogens is 1. The van der Waals surface area contributed by atoms with Gasteiger partial charge in [0.2, 0.25) is 0 Å². The molecule has 1 heterocycles. The molecule has 21 heavy (non-hydrogen) atoms. The number of nitrogens with one attached hydrogen (secondary N) is 1. The van der Waals surface area contributed by atoms with E-state index in [0.717, 1.165) is 11.1 Å². The normalized spacial score (nSPS) is 11.5. The maximum Gasteiger partial charge on any atom is 0.328 e. The van der Waals surface area contributed by atoms with Crippen molar-refractivity contribution in [3.05, 3.63) is 60.7 Å². The van der Waals surface area contributed by atoms with Gasteiger partial charge in [-0.1, -0.05) is 60.7 Å². The predicted octanol–water partition coefficient (Wildman–Crippen LogP) is 2.99. The van der Waals surface area contributed by atoms with Crippen LogP contribution in [0.5, 0.6) is 0 Å². The van der Waals surface area contributed by atoms with Crippen molar-refractivity contribution in [2.24, 2.45) is 0 Å². The van der Waals surface area contributed by atoms with Crippen LogP contribution in [0.1, 0.15) is 0 Å². The van der Waals surface area contributed by atoms with Crippen molar-refractivity contribution in [1.82, 2.24) is 9.97 Å². The summed E-state index contributed by atoms with van der Waals surface area (Å²) < 4.78 is 31.8. The van der Waals surface area contributed by atoms with Crippen LogP contribution in [-0.2, 0) is 10.1 Å². The van der Waals surface area contributed by atoms with Gasteiger partial charge in [-0.05, 0) is 0 Å². The molecule has 0 aliphatic carbocycles. The Bertz CT molecular complexity index is 799. The van der Waals surface area contributed by atoms with Crippen LogP contribution in [0.2, 0.25) is 0 Å². The summed E-state index contributed by atoms with van der Waals surface area (Å²) >= 11 is 0. The summed E-state index contributed by atoms with van der Waals surface area (Å²) in [6.07, 6.45) is 0. The highest BCUT2D eigenvalue weighted by atomic mass is 32.2. The molecule has 106 valence electrons. The van der Waals surface area contributed by atoms with E-state index >= 15 is 0 Å². The lowest BCUT2D eigenvalue weighted by Gasteiger charge is -2.02. The third-order valence-corrected chi connectivity index (χ3v) is 3.72. The minimum atomic E-state index is -4.39. The molecule has 5 nitrogen and oxygen atoms in total. The SMILES string of the molecule is O=S(=O)(O)c1nc(-c2ccccc2)c(-c2ccccc2)[nH]1. The summed E-state index contributed by atoms with van der Waals surface area (Å²) in [7, 11) is -4.39. The first kappa shape index (κ1) is 13.5. The molecule has 0 bridgehead atoms. The van der Waals surface area contributed by atoms with Gasteiger partial charge in [0.05, 0.1) is 11.4 Å². The highest BCUT2D eigenvalue weighted by molar-refractivity contribution is 7.85. The standard InChI is InChI=1S/C15H12N2O3S/c18-21(19,20)15-16-13(11-7-3-1-4-8-11)14(17-15)12-9-5-2-6-10-12/h1-10H,(H,16,17)(H,18,19,20). The average Bonchev–Trinajstić information content (AvgIpc) is 2.94. The van der Waals surface area contributed by atoms with Crippen LogP contribution in [0.15, 0.2) is 65.8 Å². The smallest absolute Gasteiger partial charge is 0.326 e. The van der Waals surface area contributed by atoms with Crippen LogP contribution in [-0.4, -0.2) is 22.9 Å². The fourth-order valence-corrected chi connectivity index (χ4v) is 2.53. The Hall–Kier alpha value is -2.44. The van der Waals surface area contributed by atoms with Gasteiger partial charge >= 0.3 is 10.1 Å². The second-order valence-electron chi connectivity index (χ2n) is 4.47. The summed E-state index contributed by atoms with van der Waals surface area (Å²) in [4.78, 5) is 6.72. The highest BCUT2D eigenvalue weighted by Gasteiger charge is 2.20. The highest BCUT2D eigenvalue weighted by Crippen LogP contribution is 2.30. The van der Waals surface area contributed by atoms with E-state index in [2.05, 4.69) is 9.97 Å². The lowest BCUT2D eigenvalue weighted by molar-refractivity contribution is 0.476. The lowest BCUT2D eigenvalue weighted by atomic mass is 10.1. The quantitative estimate of drug-likeness (QED) is 0.728. The monoisotopic (exact) mass is 300 g/mol.